The van der Waals surface area contributed by atoms with Crippen molar-refractivity contribution in [1.82, 2.24) is 9.80 Å². The van der Waals surface area contributed by atoms with Crippen LogP contribution in [-0.4, -0.2) is 60.1 Å². The van der Waals surface area contributed by atoms with Gasteiger partial charge in [0, 0.05) is 50.6 Å². The lowest BCUT2D eigenvalue weighted by Crippen LogP contribution is -2.56. The topological polar surface area (TPSA) is 43.8 Å². The molecule has 2 unspecified atom stereocenters. The van der Waals surface area contributed by atoms with Gasteiger partial charge in [0.25, 0.3) is 0 Å². The van der Waals surface area contributed by atoms with Crippen molar-refractivity contribution in [1.29, 1.82) is 0 Å². The van der Waals surface area contributed by atoms with Crippen molar-refractivity contribution in [2.75, 3.05) is 39.3 Å². The average Bonchev–Trinajstić information content (AvgIpc) is 2.56. The highest BCUT2D eigenvalue weighted by Gasteiger charge is 2.49. The van der Waals surface area contributed by atoms with Crippen LogP contribution in [0.3, 0.4) is 0 Å². The van der Waals surface area contributed by atoms with E-state index in [0.717, 1.165) is 32.6 Å². The zero-order valence-corrected chi connectivity index (χ0v) is 11.1. The van der Waals surface area contributed by atoms with Gasteiger partial charge in [0.1, 0.15) is 0 Å². The van der Waals surface area contributed by atoms with Crippen molar-refractivity contribution in [3.05, 3.63) is 11.6 Å². The molecule has 18 heavy (non-hydrogen) atoms. The molecule has 0 aliphatic carbocycles. The zero-order valence-electron chi connectivity index (χ0n) is 11.1. The molecule has 4 heterocycles. The van der Waals surface area contributed by atoms with Crippen LogP contribution in [0.2, 0.25) is 0 Å². The van der Waals surface area contributed by atoms with E-state index in [1.807, 2.05) is 6.08 Å². The van der Waals surface area contributed by atoms with E-state index in [9.17, 15) is 4.79 Å². The number of hydrogen-bond acceptors (Lipinski definition) is 3. The number of carboxylic acid groups (broad SMARTS) is 1. The molecular formula is C14H22N2O2. The standard InChI is InChI=1S/C14H22N2O2/c1-2-14-9-15-5-6-16(10-14)8-11(7-15)12(14)3-4-13(17)18/h3,11H,2,4-10H2,1H3,(H,17,18)/b12-3+. The van der Waals surface area contributed by atoms with E-state index >= 15 is 0 Å². The summed E-state index contributed by atoms with van der Waals surface area (Å²) in [5.41, 5.74) is 1.68. The largest absolute Gasteiger partial charge is 0.481 e. The molecule has 4 aliphatic heterocycles. The summed E-state index contributed by atoms with van der Waals surface area (Å²) in [5, 5.41) is 8.91. The quantitative estimate of drug-likeness (QED) is 0.760. The second-order valence-corrected chi connectivity index (χ2v) is 6.06. The Hall–Kier alpha value is -0.870. The molecular weight excluding hydrogens is 228 g/mol. The van der Waals surface area contributed by atoms with Gasteiger partial charge in [0.05, 0.1) is 6.42 Å². The van der Waals surface area contributed by atoms with Gasteiger partial charge in [0.2, 0.25) is 0 Å². The Bertz CT molecular complexity index is 375. The van der Waals surface area contributed by atoms with Crippen LogP contribution < -0.4 is 0 Å². The second kappa shape index (κ2) is 4.35. The summed E-state index contributed by atoms with van der Waals surface area (Å²) in [5.74, 6) is -0.143. The highest BCUT2D eigenvalue weighted by molar-refractivity contribution is 5.68. The Balaban J connectivity index is 1.94. The van der Waals surface area contributed by atoms with Crippen LogP contribution in [0.1, 0.15) is 19.8 Å². The number of carboxylic acids is 1. The molecule has 100 valence electrons. The van der Waals surface area contributed by atoms with E-state index < -0.39 is 5.97 Å². The Kier molecular flexibility index (Phi) is 2.94. The van der Waals surface area contributed by atoms with Crippen LogP contribution in [0, 0.1) is 11.3 Å². The smallest absolute Gasteiger partial charge is 0.307 e. The molecule has 4 fully saturated rings. The van der Waals surface area contributed by atoms with E-state index in [2.05, 4.69) is 16.7 Å². The lowest BCUT2D eigenvalue weighted by Gasteiger charge is -2.52. The van der Waals surface area contributed by atoms with Gasteiger partial charge in [-0.2, -0.15) is 0 Å². The molecule has 4 bridgehead atoms. The van der Waals surface area contributed by atoms with E-state index in [1.54, 1.807) is 0 Å². The van der Waals surface area contributed by atoms with Gasteiger partial charge in [-0.15, -0.1) is 0 Å². The molecule has 0 saturated carbocycles. The molecule has 0 aromatic heterocycles. The highest BCUT2D eigenvalue weighted by atomic mass is 16.4. The number of nitrogens with zero attached hydrogens (tertiary/aromatic N) is 2. The molecule has 4 saturated heterocycles. The van der Waals surface area contributed by atoms with E-state index in [4.69, 9.17) is 5.11 Å². The first-order valence-electron chi connectivity index (χ1n) is 7.00. The van der Waals surface area contributed by atoms with Gasteiger partial charge in [-0.1, -0.05) is 18.6 Å². The first kappa shape index (κ1) is 12.2. The lowest BCUT2D eigenvalue weighted by atomic mass is 9.66. The van der Waals surface area contributed by atoms with Crippen LogP contribution in [0.25, 0.3) is 0 Å². The zero-order chi connectivity index (χ0) is 12.8. The van der Waals surface area contributed by atoms with Gasteiger partial charge in [-0.05, 0) is 6.42 Å². The predicted molar refractivity (Wildman–Crippen MR) is 69.4 cm³/mol. The minimum Gasteiger partial charge on any atom is -0.481 e. The normalized spacial score (nSPS) is 44.3. The van der Waals surface area contributed by atoms with Crippen LogP contribution in [0.4, 0.5) is 0 Å². The van der Waals surface area contributed by atoms with E-state index in [1.165, 1.54) is 18.7 Å². The molecule has 2 atom stereocenters. The summed E-state index contributed by atoms with van der Waals surface area (Å²) < 4.78 is 0. The Morgan fingerprint density at radius 1 is 1.39 bits per heavy atom. The summed E-state index contributed by atoms with van der Waals surface area (Å²) in [7, 11) is 0. The average molecular weight is 250 g/mol. The van der Waals surface area contributed by atoms with Crippen molar-refractivity contribution in [3.8, 4) is 0 Å². The number of carbonyl (C=O) groups is 1. The van der Waals surface area contributed by atoms with Crippen molar-refractivity contribution in [2.45, 2.75) is 19.8 Å². The van der Waals surface area contributed by atoms with E-state index in [0.29, 0.717) is 5.92 Å². The summed E-state index contributed by atoms with van der Waals surface area (Å²) >= 11 is 0. The minimum atomic E-state index is -0.707. The van der Waals surface area contributed by atoms with Crippen LogP contribution >= 0.6 is 0 Å². The first-order valence-corrected chi connectivity index (χ1v) is 7.00. The van der Waals surface area contributed by atoms with Crippen molar-refractivity contribution in [2.24, 2.45) is 11.3 Å². The van der Waals surface area contributed by atoms with Gasteiger partial charge < -0.3 is 14.9 Å². The summed E-state index contributed by atoms with van der Waals surface area (Å²) in [6, 6.07) is 0. The van der Waals surface area contributed by atoms with Gasteiger partial charge in [-0.3, -0.25) is 4.79 Å². The third-order valence-electron chi connectivity index (χ3n) is 4.97. The van der Waals surface area contributed by atoms with Gasteiger partial charge in [-0.25, -0.2) is 0 Å². The van der Waals surface area contributed by atoms with Crippen LogP contribution in [0.5, 0.6) is 0 Å². The summed E-state index contributed by atoms with van der Waals surface area (Å²) in [6.07, 6.45) is 3.34. The Morgan fingerprint density at radius 3 is 2.50 bits per heavy atom. The van der Waals surface area contributed by atoms with Crippen molar-refractivity contribution < 1.29 is 9.90 Å². The maximum atomic E-state index is 10.8. The molecule has 0 spiro atoms. The third kappa shape index (κ3) is 1.88. The maximum Gasteiger partial charge on any atom is 0.307 e. The predicted octanol–water partition coefficient (Wildman–Crippen LogP) is 1.04. The Morgan fingerprint density at radius 2 is 2.00 bits per heavy atom. The SMILES string of the molecule is CCC12CN3CCN(CC(C3)/C1=C\CC(=O)O)C2. The summed E-state index contributed by atoms with van der Waals surface area (Å²) in [6.45, 7) is 9.14. The molecule has 4 nitrogen and oxygen atoms in total. The molecule has 4 heteroatoms. The number of fused-ring (bicyclic) bond motifs is 1. The fourth-order valence-corrected chi connectivity index (χ4v) is 4.16. The number of aliphatic carboxylic acids is 1. The van der Waals surface area contributed by atoms with Gasteiger partial charge >= 0.3 is 5.97 Å². The second-order valence-electron chi connectivity index (χ2n) is 6.06. The fourth-order valence-electron chi connectivity index (χ4n) is 4.16. The molecule has 4 aliphatic rings. The molecule has 0 amide bonds. The highest BCUT2D eigenvalue weighted by Crippen LogP contribution is 2.47. The Labute approximate surface area is 108 Å². The maximum absolute atomic E-state index is 10.8. The monoisotopic (exact) mass is 250 g/mol. The number of rotatable bonds is 3. The van der Waals surface area contributed by atoms with Crippen LogP contribution in [-0.2, 0) is 4.79 Å². The molecule has 0 radical (unpaired) electrons. The van der Waals surface area contributed by atoms with Crippen molar-refractivity contribution in [3.63, 3.8) is 0 Å². The number of hydrogen-bond donors (Lipinski definition) is 1. The number of piperidine rings is 2. The van der Waals surface area contributed by atoms with E-state index in [-0.39, 0.29) is 11.8 Å². The fraction of sp³-hybridized carbons (Fsp3) is 0.786. The van der Waals surface area contributed by atoms with Crippen LogP contribution in [0.15, 0.2) is 11.6 Å². The first-order chi connectivity index (χ1) is 8.63. The molecule has 0 aromatic carbocycles. The molecule has 0 aromatic rings. The minimum absolute atomic E-state index is 0.188. The van der Waals surface area contributed by atoms with Gasteiger partial charge in [0.15, 0.2) is 0 Å². The third-order valence-corrected chi connectivity index (χ3v) is 4.97. The van der Waals surface area contributed by atoms with Crippen molar-refractivity contribution >= 4 is 5.97 Å². The lowest BCUT2D eigenvalue weighted by molar-refractivity contribution is -0.136. The molecule has 4 rings (SSSR count). The molecule has 1 N–H and O–H groups in total. The summed E-state index contributed by atoms with van der Waals surface area (Å²) in [4.78, 5) is 16.0.